The topological polar surface area (TPSA) is 69.9 Å². The number of hydrogen-bond acceptors (Lipinski definition) is 5. The molecular weight excluding hydrogens is 474 g/mol. The van der Waals surface area contributed by atoms with Crippen molar-refractivity contribution in [2.75, 3.05) is 0 Å². The summed E-state index contributed by atoms with van der Waals surface area (Å²) < 4.78 is 33.8. The molecule has 35 heavy (non-hydrogen) atoms. The molecular formula is C26H23ClF2N4O2. The normalized spacial score (nSPS) is 11.5. The van der Waals surface area contributed by atoms with Gasteiger partial charge in [-0.05, 0) is 36.8 Å². The molecule has 180 valence electrons. The Morgan fingerprint density at radius 2 is 1.83 bits per heavy atom. The van der Waals surface area contributed by atoms with Gasteiger partial charge in [0, 0.05) is 28.8 Å². The average molecular weight is 497 g/mol. The molecule has 4 aromatic rings. The molecule has 0 saturated carbocycles. The van der Waals surface area contributed by atoms with E-state index in [9.17, 15) is 13.6 Å². The second kappa shape index (κ2) is 9.54. The minimum absolute atomic E-state index is 0.108. The van der Waals surface area contributed by atoms with Gasteiger partial charge in [-0.1, -0.05) is 44.5 Å². The van der Waals surface area contributed by atoms with E-state index < -0.39 is 17.2 Å². The van der Waals surface area contributed by atoms with Crippen LogP contribution in [0, 0.1) is 18.6 Å². The third-order valence-corrected chi connectivity index (χ3v) is 5.68. The SMILES string of the molecule is Cc1ccc(-c2ccnc(C(C)(C)C)n2)cc1-n1cnc(OCc2ccc(F)cc2F)c(Cl)c1=O. The Bertz CT molecular complexity index is 1460. The Morgan fingerprint density at radius 3 is 2.54 bits per heavy atom. The molecule has 0 atom stereocenters. The van der Waals surface area contributed by atoms with Crippen LogP contribution < -0.4 is 10.3 Å². The van der Waals surface area contributed by atoms with E-state index in [0.717, 1.165) is 29.0 Å². The molecule has 0 saturated heterocycles. The smallest absolute Gasteiger partial charge is 0.280 e. The molecule has 0 amide bonds. The molecule has 0 N–H and O–H groups in total. The third-order valence-electron chi connectivity index (χ3n) is 5.36. The van der Waals surface area contributed by atoms with Crippen LogP contribution in [0.2, 0.25) is 5.02 Å². The summed E-state index contributed by atoms with van der Waals surface area (Å²) in [5, 5.41) is -0.253. The van der Waals surface area contributed by atoms with E-state index in [1.165, 1.54) is 17.0 Å². The van der Waals surface area contributed by atoms with Crippen molar-refractivity contribution in [3.63, 3.8) is 0 Å². The molecule has 0 radical (unpaired) electrons. The average Bonchev–Trinajstić information content (AvgIpc) is 2.81. The van der Waals surface area contributed by atoms with Crippen LogP contribution in [0.5, 0.6) is 5.88 Å². The van der Waals surface area contributed by atoms with Crippen molar-refractivity contribution >= 4 is 11.6 Å². The maximum Gasteiger partial charge on any atom is 0.280 e. The summed E-state index contributed by atoms with van der Waals surface area (Å²) in [6.07, 6.45) is 3.01. The molecule has 0 aliphatic carbocycles. The Hall–Kier alpha value is -3.65. The molecule has 2 aromatic carbocycles. The second-order valence-electron chi connectivity index (χ2n) is 9.08. The van der Waals surface area contributed by atoms with Gasteiger partial charge >= 0.3 is 0 Å². The van der Waals surface area contributed by atoms with Crippen LogP contribution in [0.1, 0.15) is 37.7 Å². The summed E-state index contributed by atoms with van der Waals surface area (Å²) in [4.78, 5) is 26.3. The first kappa shape index (κ1) is 24.5. The molecule has 4 rings (SSSR count). The monoisotopic (exact) mass is 496 g/mol. The molecule has 0 bridgehead atoms. The maximum atomic E-state index is 13.9. The van der Waals surface area contributed by atoms with Gasteiger partial charge in [-0.25, -0.2) is 23.7 Å². The molecule has 9 heteroatoms. The summed E-state index contributed by atoms with van der Waals surface area (Å²) in [7, 11) is 0. The highest BCUT2D eigenvalue weighted by molar-refractivity contribution is 6.31. The van der Waals surface area contributed by atoms with E-state index in [-0.39, 0.29) is 28.5 Å². The molecule has 0 aliphatic rings. The first-order chi connectivity index (χ1) is 16.5. The summed E-state index contributed by atoms with van der Waals surface area (Å²) in [6, 6.07) is 10.6. The van der Waals surface area contributed by atoms with Gasteiger partial charge in [-0.15, -0.1) is 0 Å². The van der Waals surface area contributed by atoms with Crippen LogP contribution in [-0.4, -0.2) is 19.5 Å². The van der Waals surface area contributed by atoms with Crippen LogP contribution in [0.15, 0.2) is 59.8 Å². The summed E-state index contributed by atoms with van der Waals surface area (Å²) >= 11 is 6.26. The zero-order chi connectivity index (χ0) is 25.3. The van der Waals surface area contributed by atoms with Gasteiger partial charge in [-0.2, -0.15) is 0 Å². The Balaban J connectivity index is 1.67. The van der Waals surface area contributed by atoms with Gasteiger partial charge in [0.15, 0.2) is 5.02 Å². The number of benzene rings is 2. The Labute approximate surface area is 206 Å². The van der Waals surface area contributed by atoms with E-state index in [0.29, 0.717) is 11.5 Å². The Kier molecular flexibility index (Phi) is 6.67. The summed E-state index contributed by atoms with van der Waals surface area (Å²) in [5.74, 6) is -0.894. The molecule has 0 aliphatic heterocycles. The zero-order valence-electron chi connectivity index (χ0n) is 19.6. The van der Waals surface area contributed by atoms with Crippen molar-refractivity contribution in [3.8, 4) is 22.8 Å². The van der Waals surface area contributed by atoms with Crippen molar-refractivity contribution in [3.05, 3.63) is 99.0 Å². The number of ether oxygens (including phenoxy) is 1. The van der Waals surface area contributed by atoms with E-state index in [4.69, 9.17) is 16.3 Å². The summed E-state index contributed by atoms with van der Waals surface area (Å²) in [6.45, 7) is 7.71. The predicted molar refractivity (Wildman–Crippen MR) is 130 cm³/mol. The van der Waals surface area contributed by atoms with Crippen LogP contribution in [0.25, 0.3) is 16.9 Å². The molecule has 0 unspecified atom stereocenters. The minimum atomic E-state index is -0.763. The highest BCUT2D eigenvalue weighted by Crippen LogP contribution is 2.26. The molecule has 2 aromatic heterocycles. The fourth-order valence-corrected chi connectivity index (χ4v) is 3.58. The predicted octanol–water partition coefficient (Wildman–Crippen LogP) is 5.81. The lowest BCUT2D eigenvalue weighted by Gasteiger charge is -2.17. The van der Waals surface area contributed by atoms with Gasteiger partial charge in [0.25, 0.3) is 5.56 Å². The minimum Gasteiger partial charge on any atom is -0.471 e. The van der Waals surface area contributed by atoms with E-state index in [1.807, 2.05) is 52.0 Å². The zero-order valence-corrected chi connectivity index (χ0v) is 20.4. The first-order valence-electron chi connectivity index (χ1n) is 10.8. The lowest BCUT2D eigenvalue weighted by molar-refractivity contribution is 0.286. The summed E-state index contributed by atoms with van der Waals surface area (Å²) in [5.41, 5.74) is 2.26. The second-order valence-corrected chi connectivity index (χ2v) is 9.46. The number of rotatable bonds is 5. The van der Waals surface area contributed by atoms with Crippen molar-refractivity contribution in [1.82, 2.24) is 19.5 Å². The van der Waals surface area contributed by atoms with Crippen molar-refractivity contribution in [1.29, 1.82) is 0 Å². The number of nitrogens with zero attached hydrogens (tertiary/aromatic N) is 4. The number of hydrogen-bond donors (Lipinski definition) is 0. The number of halogens is 3. The molecule has 2 heterocycles. The highest BCUT2D eigenvalue weighted by atomic mass is 35.5. The molecule has 6 nitrogen and oxygen atoms in total. The standard InChI is InChI=1S/C26H23ClF2N4O2/c1-15-5-6-16(20-9-10-30-25(32-20)26(2,3)4)11-21(15)33-14-31-23(22(27)24(33)34)35-13-17-7-8-18(28)12-19(17)29/h5-12,14H,13H2,1-4H3. The fraction of sp³-hybridized carbons (Fsp3) is 0.231. The van der Waals surface area contributed by atoms with Gasteiger partial charge < -0.3 is 4.74 Å². The first-order valence-corrected chi connectivity index (χ1v) is 11.2. The Morgan fingerprint density at radius 1 is 1.06 bits per heavy atom. The van der Waals surface area contributed by atoms with E-state index in [2.05, 4.69) is 15.0 Å². The third kappa shape index (κ3) is 5.22. The molecule has 0 spiro atoms. The van der Waals surface area contributed by atoms with Crippen LogP contribution in [0.4, 0.5) is 8.78 Å². The van der Waals surface area contributed by atoms with E-state index >= 15 is 0 Å². The van der Waals surface area contributed by atoms with Crippen LogP contribution >= 0.6 is 11.6 Å². The lowest BCUT2D eigenvalue weighted by Crippen LogP contribution is -2.21. The van der Waals surface area contributed by atoms with Gasteiger partial charge in [0.05, 0.1) is 11.4 Å². The number of aromatic nitrogens is 4. The molecule has 0 fully saturated rings. The lowest BCUT2D eigenvalue weighted by atomic mass is 9.95. The van der Waals surface area contributed by atoms with Crippen molar-refractivity contribution in [2.24, 2.45) is 0 Å². The van der Waals surface area contributed by atoms with Crippen molar-refractivity contribution in [2.45, 2.75) is 39.7 Å². The van der Waals surface area contributed by atoms with Gasteiger partial charge in [0.2, 0.25) is 5.88 Å². The highest BCUT2D eigenvalue weighted by Gasteiger charge is 2.19. The number of aryl methyl sites for hydroxylation is 1. The quantitative estimate of drug-likeness (QED) is 0.349. The van der Waals surface area contributed by atoms with Crippen molar-refractivity contribution < 1.29 is 13.5 Å². The van der Waals surface area contributed by atoms with Gasteiger partial charge in [0.1, 0.15) is 30.4 Å². The van der Waals surface area contributed by atoms with Crippen LogP contribution in [-0.2, 0) is 12.0 Å². The maximum absolute atomic E-state index is 13.9. The van der Waals surface area contributed by atoms with Crippen LogP contribution in [0.3, 0.4) is 0 Å². The largest absolute Gasteiger partial charge is 0.471 e. The van der Waals surface area contributed by atoms with E-state index in [1.54, 1.807) is 6.20 Å². The van der Waals surface area contributed by atoms with Gasteiger partial charge in [-0.3, -0.25) is 9.36 Å². The fourth-order valence-electron chi connectivity index (χ4n) is 3.38.